The Morgan fingerprint density at radius 3 is 2.25 bits per heavy atom. The molecule has 0 spiro atoms. The fraction of sp³-hybridized carbons (Fsp3) is 0.455. The minimum atomic E-state index is -4.57. The van der Waals surface area contributed by atoms with Crippen molar-refractivity contribution in [1.82, 2.24) is 0 Å². The third kappa shape index (κ3) is 3.73. The normalized spacial score (nSPS) is 13.6. The largest absolute Gasteiger partial charge is 0.416 e. The summed E-state index contributed by atoms with van der Waals surface area (Å²) < 4.78 is 35.9. The summed E-state index contributed by atoms with van der Waals surface area (Å²) in [6.45, 7) is 1.46. The van der Waals surface area contributed by atoms with Crippen LogP contribution in [0.4, 0.5) is 18.9 Å². The molecule has 5 heteroatoms. The fourth-order valence-corrected chi connectivity index (χ4v) is 1.19. The van der Waals surface area contributed by atoms with E-state index in [0.29, 0.717) is 5.69 Å². The number of anilines is 1. The first-order valence-electron chi connectivity index (χ1n) is 5.01. The van der Waals surface area contributed by atoms with Crippen molar-refractivity contribution in [2.45, 2.75) is 25.6 Å². The molecular formula is C11H14F3NO. The van der Waals surface area contributed by atoms with Crippen LogP contribution in [0, 0.1) is 0 Å². The second kappa shape index (κ2) is 5.21. The molecule has 0 aromatic heterocycles. The quantitative estimate of drug-likeness (QED) is 0.837. The van der Waals surface area contributed by atoms with Crippen molar-refractivity contribution in [2.24, 2.45) is 0 Å². The molecule has 0 aliphatic heterocycles. The third-order valence-electron chi connectivity index (χ3n) is 2.24. The highest BCUT2D eigenvalue weighted by molar-refractivity contribution is 5.44. The molecule has 0 aliphatic carbocycles. The Morgan fingerprint density at radius 1 is 1.25 bits per heavy atom. The van der Waals surface area contributed by atoms with Gasteiger partial charge < -0.3 is 10.4 Å². The van der Waals surface area contributed by atoms with Crippen LogP contribution in [0.1, 0.15) is 12.5 Å². The second-order valence-corrected chi connectivity index (χ2v) is 3.49. The van der Waals surface area contributed by atoms with Gasteiger partial charge in [0.15, 0.2) is 6.10 Å². The monoisotopic (exact) mass is 233 g/mol. The van der Waals surface area contributed by atoms with Crippen LogP contribution in [0.25, 0.3) is 0 Å². The van der Waals surface area contributed by atoms with Gasteiger partial charge in [-0.3, -0.25) is 0 Å². The summed E-state index contributed by atoms with van der Waals surface area (Å²) in [6, 6.07) is 7.06. The van der Waals surface area contributed by atoms with Gasteiger partial charge in [-0.25, -0.2) is 0 Å². The highest BCUT2D eigenvalue weighted by Crippen LogP contribution is 2.20. The Hall–Kier alpha value is -1.23. The van der Waals surface area contributed by atoms with Gasteiger partial charge in [-0.2, -0.15) is 13.2 Å². The van der Waals surface area contributed by atoms with Crippen LogP contribution in [0.15, 0.2) is 24.3 Å². The molecule has 16 heavy (non-hydrogen) atoms. The van der Waals surface area contributed by atoms with Crippen LogP contribution in [-0.2, 0) is 6.42 Å². The summed E-state index contributed by atoms with van der Waals surface area (Å²) >= 11 is 0. The Morgan fingerprint density at radius 2 is 1.81 bits per heavy atom. The van der Waals surface area contributed by atoms with Crippen molar-refractivity contribution >= 4 is 5.69 Å². The SMILES string of the molecule is CCc1ccc(NCC(O)C(F)(F)F)cc1. The average Bonchev–Trinajstić information content (AvgIpc) is 2.25. The van der Waals surface area contributed by atoms with Gasteiger partial charge >= 0.3 is 6.18 Å². The molecule has 0 heterocycles. The fourth-order valence-electron chi connectivity index (χ4n) is 1.19. The molecule has 1 rings (SSSR count). The minimum absolute atomic E-state index is 0.533. The molecule has 0 fully saturated rings. The van der Waals surface area contributed by atoms with Gasteiger partial charge in [0, 0.05) is 12.2 Å². The summed E-state index contributed by atoms with van der Waals surface area (Å²) in [5.74, 6) is 0. The van der Waals surface area contributed by atoms with Crippen molar-refractivity contribution in [3.8, 4) is 0 Å². The predicted molar refractivity (Wildman–Crippen MR) is 56.4 cm³/mol. The number of benzene rings is 1. The number of hydrogen-bond donors (Lipinski definition) is 2. The van der Waals surface area contributed by atoms with E-state index in [1.165, 1.54) is 0 Å². The summed E-state index contributed by atoms with van der Waals surface area (Å²) in [4.78, 5) is 0. The van der Waals surface area contributed by atoms with Crippen LogP contribution in [-0.4, -0.2) is 23.9 Å². The molecule has 0 radical (unpaired) electrons. The van der Waals surface area contributed by atoms with Gasteiger partial charge in [-0.15, -0.1) is 0 Å². The Bertz CT molecular complexity index is 321. The number of hydrogen-bond acceptors (Lipinski definition) is 2. The predicted octanol–water partition coefficient (Wildman–Crippen LogP) is 2.58. The zero-order chi connectivity index (χ0) is 12.2. The molecule has 90 valence electrons. The molecule has 1 unspecified atom stereocenters. The number of halogens is 3. The molecule has 1 aromatic carbocycles. The van der Waals surface area contributed by atoms with Crippen molar-refractivity contribution in [3.63, 3.8) is 0 Å². The summed E-state index contributed by atoms with van der Waals surface area (Å²) in [6.07, 6.45) is -6.03. The van der Waals surface area contributed by atoms with Gasteiger partial charge in [0.05, 0.1) is 0 Å². The van der Waals surface area contributed by atoms with E-state index in [-0.39, 0.29) is 0 Å². The first kappa shape index (κ1) is 12.8. The number of aryl methyl sites for hydroxylation is 1. The van der Waals surface area contributed by atoms with Crippen molar-refractivity contribution in [2.75, 3.05) is 11.9 Å². The van der Waals surface area contributed by atoms with Gasteiger partial charge in [-0.1, -0.05) is 19.1 Å². The van der Waals surface area contributed by atoms with Crippen LogP contribution in [0.3, 0.4) is 0 Å². The molecule has 1 aromatic rings. The summed E-state index contributed by atoms with van der Waals surface area (Å²) in [5, 5.41) is 11.3. The Balaban J connectivity index is 2.48. The smallest absolute Gasteiger partial charge is 0.382 e. The van der Waals surface area contributed by atoms with E-state index in [2.05, 4.69) is 5.32 Å². The number of rotatable bonds is 4. The van der Waals surface area contributed by atoms with Gasteiger partial charge in [0.1, 0.15) is 0 Å². The lowest BCUT2D eigenvalue weighted by molar-refractivity contribution is -0.198. The minimum Gasteiger partial charge on any atom is -0.382 e. The maximum absolute atomic E-state index is 12.0. The maximum atomic E-state index is 12.0. The third-order valence-corrected chi connectivity index (χ3v) is 2.24. The molecule has 0 amide bonds. The molecule has 2 nitrogen and oxygen atoms in total. The molecule has 0 aliphatic rings. The first-order valence-corrected chi connectivity index (χ1v) is 5.01. The lowest BCUT2D eigenvalue weighted by atomic mass is 10.1. The molecule has 2 N–H and O–H groups in total. The molecule has 0 saturated heterocycles. The van der Waals surface area contributed by atoms with E-state index in [0.717, 1.165) is 12.0 Å². The van der Waals surface area contributed by atoms with Crippen LogP contribution in [0.5, 0.6) is 0 Å². The van der Waals surface area contributed by atoms with Crippen LogP contribution in [0.2, 0.25) is 0 Å². The number of alkyl halides is 3. The first-order chi connectivity index (χ1) is 7.43. The van der Waals surface area contributed by atoms with Crippen molar-refractivity contribution in [3.05, 3.63) is 29.8 Å². The lowest BCUT2D eigenvalue weighted by Crippen LogP contribution is -2.34. The van der Waals surface area contributed by atoms with E-state index in [1.807, 2.05) is 19.1 Å². The van der Waals surface area contributed by atoms with Gasteiger partial charge in [-0.05, 0) is 24.1 Å². The van der Waals surface area contributed by atoms with Gasteiger partial charge in [0.25, 0.3) is 0 Å². The molecular weight excluding hydrogens is 219 g/mol. The summed E-state index contributed by atoms with van der Waals surface area (Å²) in [7, 11) is 0. The molecule has 0 bridgehead atoms. The highest BCUT2D eigenvalue weighted by atomic mass is 19.4. The van der Waals surface area contributed by atoms with Crippen LogP contribution >= 0.6 is 0 Å². The number of aliphatic hydroxyl groups is 1. The molecule has 0 saturated carbocycles. The average molecular weight is 233 g/mol. The Labute approximate surface area is 92.1 Å². The van der Waals surface area contributed by atoms with Gasteiger partial charge in [0.2, 0.25) is 0 Å². The number of nitrogens with one attached hydrogen (secondary N) is 1. The van der Waals surface area contributed by atoms with Crippen molar-refractivity contribution < 1.29 is 18.3 Å². The van der Waals surface area contributed by atoms with Crippen LogP contribution < -0.4 is 5.32 Å². The molecule has 1 atom stereocenters. The topological polar surface area (TPSA) is 32.3 Å². The van der Waals surface area contributed by atoms with E-state index in [1.54, 1.807) is 12.1 Å². The van der Waals surface area contributed by atoms with Crippen molar-refractivity contribution in [1.29, 1.82) is 0 Å². The van der Waals surface area contributed by atoms with E-state index >= 15 is 0 Å². The zero-order valence-corrected chi connectivity index (χ0v) is 8.88. The lowest BCUT2D eigenvalue weighted by Gasteiger charge is -2.15. The zero-order valence-electron chi connectivity index (χ0n) is 8.88. The summed E-state index contributed by atoms with van der Waals surface area (Å²) in [5.41, 5.74) is 1.68. The standard InChI is InChI=1S/C11H14F3NO/c1-2-8-3-5-9(6-4-8)15-7-10(16)11(12,13)14/h3-6,10,15-16H,2,7H2,1H3. The second-order valence-electron chi connectivity index (χ2n) is 3.49. The van der Waals surface area contributed by atoms with E-state index in [4.69, 9.17) is 5.11 Å². The number of aliphatic hydroxyl groups excluding tert-OH is 1. The Kier molecular flexibility index (Phi) is 4.18. The van der Waals surface area contributed by atoms with E-state index < -0.39 is 18.8 Å². The van der Waals surface area contributed by atoms with E-state index in [9.17, 15) is 13.2 Å². The maximum Gasteiger partial charge on any atom is 0.416 e. The highest BCUT2D eigenvalue weighted by Gasteiger charge is 2.37.